The Balaban J connectivity index is 2.16. The highest BCUT2D eigenvalue weighted by molar-refractivity contribution is 9.10. The number of nitrogens with zero attached hydrogens (tertiary/aromatic N) is 1. The summed E-state index contributed by atoms with van der Waals surface area (Å²) >= 11 is 3.43. The van der Waals surface area contributed by atoms with Gasteiger partial charge in [-0.3, -0.25) is 4.79 Å². The van der Waals surface area contributed by atoms with Crippen LogP contribution in [-0.4, -0.2) is 17.9 Å². The highest BCUT2D eigenvalue weighted by Gasteiger charge is 2.15. The maximum Gasteiger partial charge on any atom is 0.255 e. The number of hydrogen-bond donors (Lipinski definition) is 1. The van der Waals surface area contributed by atoms with Crippen LogP contribution < -0.4 is 5.73 Å². The molecular weight excluding hydrogens is 316 g/mol. The van der Waals surface area contributed by atoms with Gasteiger partial charge in [-0.25, -0.2) is 0 Å². The molecule has 4 heteroatoms. The van der Waals surface area contributed by atoms with Crippen LogP contribution in [0.5, 0.6) is 0 Å². The van der Waals surface area contributed by atoms with Crippen LogP contribution in [0.25, 0.3) is 0 Å². The molecule has 0 fully saturated rings. The molecule has 0 bridgehead atoms. The van der Waals surface area contributed by atoms with Crippen LogP contribution in [0.3, 0.4) is 0 Å². The molecule has 0 aliphatic heterocycles. The van der Waals surface area contributed by atoms with E-state index in [2.05, 4.69) is 15.9 Å². The van der Waals surface area contributed by atoms with E-state index in [0.29, 0.717) is 12.1 Å². The lowest BCUT2D eigenvalue weighted by Gasteiger charge is -2.18. The van der Waals surface area contributed by atoms with E-state index in [9.17, 15) is 4.79 Å². The first kappa shape index (κ1) is 14.6. The summed E-state index contributed by atoms with van der Waals surface area (Å²) in [6, 6.07) is 13.3. The number of nitrogen functional groups attached to an aromatic ring is 1. The molecule has 0 aromatic heterocycles. The summed E-state index contributed by atoms with van der Waals surface area (Å²) in [5.74, 6) is -0.00241. The van der Waals surface area contributed by atoms with Gasteiger partial charge in [-0.15, -0.1) is 0 Å². The molecule has 0 radical (unpaired) electrons. The second kappa shape index (κ2) is 6.09. The second-order valence-electron chi connectivity index (χ2n) is 4.89. The molecule has 104 valence electrons. The Morgan fingerprint density at radius 1 is 1.20 bits per heavy atom. The zero-order valence-electron chi connectivity index (χ0n) is 11.6. The minimum Gasteiger partial charge on any atom is -0.399 e. The quantitative estimate of drug-likeness (QED) is 0.872. The number of rotatable bonds is 3. The average Bonchev–Trinajstić information content (AvgIpc) is 2.43. The van der Waals surface area contributed by atoms with Crippen molar-refractivity contribution < 1.29 is 4.79 Å². The Hall–Kier alpha value is -1.81. The van der Waals surface area contributed by atoms with Gasteiger partial charge in [0.05, 0.1) is 5.56 Å². The fourth-order valence-corrected chi connectivity index (χ4v) is 2.39. The van der Waals surface area contributed by atoms with Gasteiger partial charge in [0.2, 0.25) is 0 Å². The van der Waals surface area contributed by atoms with Crippen molar-refractivity contribution in [1.82, 2.24) is 4.90 Å². The van der Waals surface area contributed by atoms with E-state index in [4.69, 9.17) is 5.73 Å². The Morgan fingerprint density at radius 2 is 1.85 bits per heavy atom. The van der Waals surface area contributed by atoms with Crippen LogP contribution in [0.15, 0.2) is 46.9 Å². The number of halogens is 1. The lowest BCUT2D eigenvalue weighted by atomic mass is 10.1. The monoisotopic (exact) mass is 332 g/mol. The first-order valence-corrected chi connectivity index (χ1v) is 7.12. The average molecular weight is 333 g/mol. The van der Waals surface area contributed by atoms with Crippen LogP contribution in [0, 0.1) is 6.92 Å². The molecule has 0 saturated heterocycles. The topological polar surface area (TPSA) is 46.3 Å². The summed E-state index contributed by atoms with van der Waals surface area (Å²) in [7, 11) is 1.80. The third-order valence-corrected chi connectivity index (χ3v) is 3.79. The van der Waals surface area contributed by atoms with Gasteiger partial charge >= 0.3 is 0 Å². The first-order chi connectivity index (χ1) is 9.47. The van der Waals surface area contributed by atoms with Gasteiger partial charge in [0.25, 0.3) is 5.91 Å². The van der Waals surface area contributed by atoms with E-state index in [1.54, 1.807) is 11.9 Å². The van der Waals surface area contributed by atoms with E-state index < -0.39 is 0 Å². The van der Waals surface area contributed by atoms with Crippen molar-refractivity contribution in [2.24, 2.45) is 0 Å². The molecule has 0 unspecified atom stereocenters. The number of carbonyl (C=O) groups excluding carboxylic acids is 1. The third kappa shape index (κ3) is 3.39. The number of nitrogens with two attached hydrogens (primary N) is 1. The zero-order valence-corrected chi connectivity index (χ0v) is 13.1. The maximum absolute atomic E-state index is 12.5. The van der Waals surface area contributed by atoms with Crippen molar-refractivity contribution in [2.75, 3.05) is 12.8 Å². The molecule has 0 spiro atoms. The first-order valence-electron chi connectivity index (χ1n) is 6.33. The van der Waals surface area contributed by atoms with Gasteiger partial charge in [0.1, 0.15) is 0 Å². The van der Waals surface area contributed by atoms with Crippen LogP contribution in [-0.2, 0) is 6.54 Å². The van der Waals surface area contributed by atoms with Crippen molar-refractivity contribution in [3.63, 3.8) is 0 Å². The van der Waals surface area contributed by atoms with Gasteiger partial charge in [-0.2, -0.15) is 0 Å². The molecule has 3 nitrogen and oxygen atoms in total. The fraction of sp³-hybridized carbons (Fsp3) is 0.188. The van der Waals surface area contributed by atoms with Crippen molar-refractivity contribution >= 4 is 27.5 Å². The predicted molar refractivity (Wildman–Crippen MR) is 85.5 cm³/mol. The fourth-order valence-electron chi connectivity index (χ4n) is 1.98. The third-order valence-electron chi connectivity index (χ3n) is 3.10. The van der Waals surface area contributed by atoms with Crippen molar-refractivity contribution in [3.05, 3.63) is 63.6 Å². The minimum atomic E-state index is -0.00241. The van der Waals surface area contributed by atoms with Gasteiger partial charge in [0, 0.05) is 23.8 Å². The van der Waals surface area contributed by atoms with Gasteiger partial charge in [-0.05, 0) is 52.7 Å². The number of benzene rings is 2. The predicted octanol–water partition coefficient (Wildman–Crippen LogP) is 3.61. The van der Waals surface area contributed by atoms with Crippen molar-refractivity contribution in [1.29, 1.82) is 0 Å². The lowest BCUT2D eigenvalue weighted by molar-refractivity contribution is 0.0784. The molecule has 0 heterocycles. The van der Waals surface area contributed by atoms with E-state index in [1.807, 2.05) is 49.4 Å². The Bertz CT molecular complexity index is 623. The van der Waals surface area contributed by atoms with Crippen LogP contribution in [0.2, 0.25) is 0 Å². The van der Waals surface area contributed by atoms with E-state index >= 15 is 0 Å². The molecule has 2 aromatic rings. The summed E-state index contributed by atoms with van der Waals surface area (Å²) in [5.41, 5.74) is 9.19. The maximum atomic E-state index is 12.5. The second-order valence-corrected chi connectivity index (χ2v) is 5.74. The Morgan fingerprint density at radius 3 is 2.50 bits per heavy atom. The van der Waals surface area contributed by atoms with Crippen LogP contribution in [0.1, 0.15) is 21.5 Å². The van der Waals surface area contributed by atoms with E-state index in [-0.39, 0.29) is 5.91 Å². The normalized spacial score (nSPS) is 10.3. The summed E-state index contributed by atoms with van der Waals surface area (Å²) in [5, 5.41) is 0. The van der Waals surface area contributed by atoms with Gasteiger partial charge < -0.3 is 10.6 Å². The van der Waals surface area contributed by atoms with Crippen LogP contribution in [0.4, 0.5) is 5.69 Å². The summed E-state index contributed by atoms with van der Waals surface area (Å²) in [6.07, 6.45) is 0. The number of anilines is 1. The zero-order chi connectivity index (χ0) is 14.7. The van der Waals surface area contributed by atoms with E-state index in [0.717, 1.165) is 21.3 Å². The minimum absolute atomic E-state index is 0.00241. The summed E-state index contributed by atoms with van der Waals surface area (Å²) < 4.78 is 0.817. The van der Waals surface area contributed by atoms with Gasteiger partial charge in [-0.1, -0.05) is 23.8 Å². The molecule has 2 aromatic carbocycles. The molecule has 2 rings (SSSR count). The number of amides is 1. The standard InChI is InChI=1S/C16H17BrN2O/c1-11-3-8-15(17)14(9-11)16(20)19(2)10-12-4-6-13(18)7-5-12/h3-9H,10,18H2,1-2H3. The number of aryl methyl sites for hydroxylation is 1. The highest BCUT2D eigenvalue weighted by Crippen LogP contribution is 2.20. The largest absolute Gasteiger partial charge is 0.399 e. The highest BCUT2D eigenvalue weighted by atomic mass is 79.9. The van der Waals surface area contributed by atoms with Crippen molar-refractivity contribution in [3.8, 4) is 0 Å². The molecular formula is C16H17BrN2O. The van der Waals surface area contributed by atoms with Crippen molar-refractivity contribution in [2.45, 2.75) is 13.5 Å². The molecule has 2 N–H and O–H groups in total. The molecule has 0 aliphatic carbocycles. The summed E-state index contributed by atoms with van der Waals surface area (Å²) in [4.78, 5) is 14.2. The molecule has 1 amide bonds. The Labute approximate surface area is 127 Å². The molecule has 0 aliphatic rings. The number of carbonyl (C=O) groups is 1. The summed E-state index contributed by atoms with van der Waals surface area (Å²) in [6.45, 7) is 2.53. The van der Waals surface area contributed by atoms with Crippen LogP contribution >= 0.6 is 15.9 Å². The van der Waals surface area contributed by atoms with E-state index in [1.165, 1.54) is 0 Å². The molecule has 0 atom stereocenters. The number of hydrogen-bond acceptors (Lipinski definition) is 2. The van der Waals surface area contributed by atoms with Gasteiger partial charge in [0.15, 0.2) is 0 Å². The molecule has 20 heavy (non-hydrogen) atoms. The molecule has 0 saturated carbocycles. The lowest BCUT2D eigenvalue weighted by Crippen LogP contribution is -2.26. The smallest absolute Gasteiger partial charge is 0.255 e. The SMILES string of the molecule is Cc1ccc(Br)c(C(=O)N(C)Cc2ccc(N)cc2)c1. The Kier molecular flexibility index (Phi) is 4.45.